The van der Waals surface area contributed by atoms with Gasteiger partial charge in [-0.15, -0.1) is 0 Å². The molecule has 0 aliphatic carbocycles. The third-order valence-electron chi connectivity index (χ3n) is 1.51. The highest BCUT2D eigenvalue weighted by atomic mass is 14.9. The summed E-state index contributed by atoms with van der Waals surface area (Å²) in [6.07, 6.45) is 0. The highest BCUT2D eigenvalue weighted by molar-refractivity contribution is 5.56. The first-order valence-electron chi connectivity index (χ1n) is 3.81. The number of hydrogen-bond donors (Lipinski definition) is 2. The van der Waals surface area contributed by atoms with Crippen molar-refractivity contribution in [3.05, 3.63) is 29.8 Å². The topological polar surface area (TPSA) is 61.8 Å². The van der Waals surface area contributed by atoms with Crippen molar-refractivity contribution in [2.45, 2.75) is 0 Å². The largest absolute Gasteiger partial charge is 0.383 e. The number of hydrogen-bond acceptors (Lipinski definition) is 3. The number of para-hydroxylation sites is 1. The number of nitrogens with two attached hydrogens (primary N) is 1. The zero-order valence-corrected chi connectivity index (χ0v) is 6.75. The van der Waals surface area contributed by atoms with Crippen LogP contribution in [0.5, 0.6) is 0 Å². The minimum absolute atomic E-state index is 0.569. The molecule has 0 aliphatic rings. The first-order valence-corrected chi connectivity index (χ1v) is 3.81. The standard InChI is InChI=1S/C9H11N3/c10-5-6-12-9-4-2-1-3-8(9)7-11/h1-4,12H,5-6,10H2. The van der Waals surface area contributed by atoms with Crippen LogP contribution in [-0.2, 0) is 0 Å². The lowest BCUT2D eigenvalue weighted by Gasteiger charge is -2.04. The molecule has 0 bridgehead atoms. The van der Waals surface area contributed by atoms with Gasteiger partial charge in [0, 0.05) is 13.1 Å². The van der Waals surface area contributed by atoms with E-state index in [-0.39, 0.29) is 0 Å². The highest BCUT2D eigenvalue weighted by Gasteiger charge is 1.96. The Morgan fingerprint density at radius 3 is 2.83 bits per heavy atom. The van der Waals surface area contributed by atoms with Crippen LogP contribution in [0.1, 0.15) is 5.56 Å². The van der Waals surface area contributed by atoms with Crippen molar-refractivity contribution in [3.8, 4) is 6.07 Å². The average Bonchev–Trinajstić information content (AvgIpc) is 2.15. The third-order valence-corrected chi connectivity index (χ3v) is 1.51. The van der Waals surface area contributed by atoms with Crippen molar-refractivity contribution < 1.29 is 0 Å². The fourth-order valence-electron chi connectivity index (χ4n) is 0.942. The van der Waals surface area contributed by atoms with Crippen molar-refractivity contribution in [3.63, 3.8) is 0 Å². The summed E-state index contributed by atoms with van der Waals surface area (Å²) < 4.78 is 0. The molecule has 0 unspecified atom stereocenters. The van der Waals surface area contributed by atoms with Gasteiger partial charge in [-0.3, -0.25) is 0 Å². The summed E-state index contributed by atoms with van der Waals surface area (Å²) in [5.74, 6) is 0. The van der Waals surface area contributed by atoms with Gasteiger partial charge in [0.15, 0.2) is 0 Å². The second-order valence-corrected chi connectivity index (χ2v) is 2.37. The fraction of sp³-hybridized carbons (Fsp3) is 0.222. The van der Waals surface area contributed by atoms with E-state index in [9.17, 15) is 0 Å². The Morgan fingerprint density at radius 1 is 1.42 bits per heavy atom. The molecular formula is C9H11N3. The Hall–Kier alpha value is -1.53. The quantitative estimate of drug-likeness (QED) is 0.693. The van der Waals surface area contributed by atoms with Crippen LogP contribution in [0.3, 0.4) is 0 Å². The lowest BCUT2D eigenvalue weighted by atomic mass is 10.2. The second kappa shape index (κ2) is 4.37. The first-order chi connectivity index (χ1) is 5.88. The lowest BCUT2D eigenvalue weighted by Crippen LogP contribution is -2.13. The molecule has 1 rings (SSSR count). The average molecular weight is 161 g/mol. The molecule has 0 aromatic heterocycles. The van der Waals surface area contributed by atoms with Crippen LogP contribution in [0.25, 0.3) is 0 Å². The van der Waals surface area contributed by atoms with Crippen LogP contribution < -0.4 is 11.1 Å². The molecule has 1 aromatic rings. The maximum absolute atomic E-state index is 8.70. The zero-order valence-electron chi connectivity index (χ0n) is 6.75. The SMILES string of the molecule is N#Cc1ccccc1NCCN. The monoisotopic (exact) mass is 161 g/mol. The molecule has 0 fully saturated rings. The van der Waals surface area contributed by atoms with E-state index < -0.39 is 0 Å². The van der Waals surface area contributed by atoms with Gasteiger partial charge in [0.1, 0.15) is 6.07 Å². The number of nitriles is 1. The van der Waals surface area contributed by atoms with E-state index in [0.29, 0.717) is 18.7 Å². The van der Waals surface area contributed by atoms with Crippen LogP contribution in [-0.4, -0.2) is 13.1 Å². The lowest BCUT2D eigenvalue weighted by molar-refractivity contribution is 1.02. The summed E-state index contributed by atoms with van der Waals surface area (Å²) in [6, 6.07) is 9.48. The second-order valence-electron chi connectivity index (χ2n) is 2.37. The van der Waals surface area contributed by atoms with Crippen molar-refractivity contribution in [2.75, 3.05) is 18.4 Å². The number of nitrogens with one attached hydrogen (secondary N) is 1. The van der Waals surface area contributed by atoms with Crippen LogP contribution in [0.4, 0.5) is 5.69 Å². The van der Waals surface area contributed by atoms with Gasteiger partial charge in [0.25, 0.3) is 0 Å². The maximum Gasteiger partial charge on any atom is 0.101 e. The number of rotatable bonds is 3. The molecule has 3 nitrogen and oxygen atoms in total. The van der Waals surface area contributed by atoms with Gasteiger partial charge in [0.05, 0.1) is 11.3 Å². The molecule has 0 saturated heterocycles. The normalized spacial score (nSPS) is 9.00. The van der Waals surface area contributed by atoms with Gasteiger partial charge in [-0.25, -0.2) is 0 Å². The van der Waals surface area contributed by atoms with E-state index in [1.165, 1.54) is 0 Å². The molecule has 0 spiro atoms. The Balaban J connectivity index is 2.77. The van der Waals surface area contributed by atoms with Crippen molar-refractivity contribution in [1.29, 1.82) is 5.26 Å². The Bertz CT molecular complexity index is 288. The maximum atomic E-state index is 8.70. The Kier molecular flexibility index (Phi) is 3.12. The number of anilines is 1. The summed E-state index contributed by atoms with van der Waals surface area (Å²) in [5, 5.41) is 11.8. The zero-order chi connectivity index (χ0) is 8.81. The first kappa shape index (κ1) is 8.57. The van der Waals surface area contributed by atoms with E-state index in [4.69, 9.17) is 11.0 Å². The molecule has 0 radical (unpaired) electrons. The highest BCUT2D eigenvalue weighted by Crippen LogP contribution is 2.12. The molecule has 0 saturated carbocycles. The summed E-state index contributed by atoms with van der Waals surface area (Å²) in [7, 11) is 0. The predicted octanol–water partition coefficient (Wildman–Crippen LogP) is 0.929. The summed E-state index contributed by atoms with van der Waals surface area (Å²) >= 11 is 0. The van der Waals surface area contributed by atoms with Gasteiger partial charge in [-0.05, 0) is 12.1 Å². The van der Waals surface area contributed by atoms with Gasteiger partial charge < -0.3 is 11.1 Å². The molecule has 3 N–H and O–H groups in total. The van der Waals surface area contributed by atoms with Crippen molar-refractivity contribution in [2.24, 2.45) is 5.73 Å². The third kappa shape index (κ3) is 1.97. The number of nitrogens with zero attached hydrogens (tertiary/aromatic N) is 1. The molecule has 0 aliphatic heterocycles. The van der Waals surface area contributed by atoms with E-state index >= 15 is 0 Å². The molecule has 0 amide bonds. The van der Waals surface area contributed by atoms with E-state index in [2.05, 4.69) is 11.4 Å². The predicted molar refractivity (Wildman–Crippen MR) is 48.7 cm³/mol. The van der Waals surface area contributed by atoms with Crippen LogP contribution >= 0.6 is 0 Å². The molecule has 0 atom stereocenters. The Morgan fingerprint density at radius 2 is 2.17 bits per heavy atom. The smallest absolute Gasteiger partial charge is 0.101 e. The summed E-state index contributed by atoms with van der Waals surface area (Å²) in [5.41, 5.74) is 6.83. The van der Waals surface area contributed by atoms with Gasteiger partial charge in [-0.1, -0.05) is 12.1 Å². The van der Waals surface area contributed by atoms with Gasteiger partial charge >= 0.3 is 0 Å². The van der Waals surface area contributed by atoms with Crippen LogP contribution in [0.15, 0.2) is 24.3 Å². The Labute approximate surface area is 71.8 Å². The minimum Gasteiger partial charge on any atom is -0.383 e. The van der Waals surface area contributed by atoms with Gasteiger partial charge in [-0.2, -0.15) is 5.26 Å². The molecule has 62 valence electrons. The molecule has 3 heteroatoms. The molecule has 1 aromatic carbocycles. The summed E-state index contributed by atoms with van der Waals surface area (Å²) in [4.78, 5) is 0. The van der Waals surface area contributed by atoms with Crippen LogP contribution in [0, 0.1) is 11.3 Å². The van der Waals surface area contributed by atoms with E-state index in [0.717, 1.165) is 5.69 Å². The minimum atomic E-state index is 0.569. The van der Waals surface area contributed by atoms with E-state index in [1.807, 2.05) is 18.2 Å². The van der Waals surface area contributed by atoms with Crippen LogP contribution in [0.2, 0.25) is 0 Å². The molecule has 12 heavy (non-hydrogen) atoms. The van der Waals surface area contributed by atoms with Gasteiger partial charge in [0.2, 0.25) is 0 Å². The van der Waals surface area contributed by atoms with Crippen molar-refractivity contribution >= 4 is 5.69 Å². The number of benzene rings is 1. The summed E-state index contributed by atoms with van der Waals surface area (Å²) in [6.45, 7) is 1.26. The van der Waals surface area contributed by atoms with Crippen molar-refractivity contribution in [1.82, 2.24) is 0 Å². The molecular weight excluding hydrogens is 150 g/mol. The van der Waals surface area contributed by atoms with E-state index in [1.54, 1.807) is 6.07 Å². The fourth-order valence-corrected chi connectivity index (χ4v) is 0.942. The molecule has 0 heterocycles.